The highest BCUT2D eigenvalue weighted by Gasteiger charge is 2.31. The smallest absolute Gasteiger partial charge is 0.257 e. The van der Waals surface area contributed by atoms with Crippen LogP contribution in [0.2, 0.25) is 0 Å². The van der Waals surface area contributed by atoms with Gasteiger partial charge in [0.25, 0.3) is 5.89 Å². The van der Waals surface area contributed by atoms with Crippen LogP contribution in [0.25, 0.3) is 22.2 Å². The van der Waals surface area contributed by atoms with Gasteiger partial charge in [-0.05, 0) is 58.5 Å². The molecule has 4 aromatic carbocycles. The molecule has 0 radical (unpaired) electrons. The van der Waals surface area contributed by atoms with E-state index >= 15 is 0 Å². The summed E-state index contributed by atoms with van der Waals surface area (Å²) in [5.74, 6) is 1.30. The summed E-state index contributed by atoms with van der Waals surface area (Å²) in [6.07, 6.45) is 0.738. The van der Waals surface area contributed by atoms with Gasteiger partial charge in [0, 0.05) is 31.0 Å². The van der Waals surface area contributed by atoms with Gasteiger partial charge in [-0.1, -0.05) is 84.0 Å². The molecule has 1 aliphatic rings. The van der Waals surface area contributed by atoms with Crippen molar-refractivity contribution >= 4 is 16.9 Å². The van der Waals surface area contributed by atoms with E-state index in [1.807, 2.05) is 42.5 Å². The largest absolute Gasteiger partial charge is 0.530 e. The van der Waals surface area contributed by atoms with Crippen LogP contribution in [0.15, 0.2) is 102 Å². The summed E-state index contributed by atoms with van der Waals surface area (Å²) in [5.41, 5.74) is 4.30. The third-order valence-corrected chi connectivity index (χ3v) is 7.63. The molecule has 5 aromatic rings. The zero-order valence-electron chi connectivity index (χ0n) is 22.1. The van der Waals surface area contributed by atoms with E-state index in [0.717, 1.165) is 28.5 Å². The fourth-order valence-electron chi connectivity index (χ4n) is 5.41. The van der Waals surface area contributed by atoms with E-state index in [2.05, 4.69) is 64.7 Å². The molecule has 2 heterocycles. The standard InChI is InChI=1S/C33H31N3O4/c37-33(38)36-19-18-29(30(21-36)39-22-24-12-14-25-6-4-5-9-28(25)20-24)26-15-10-23(11-16-26)13-17-31-34-32(40-35-31)27-7-2-1-3-8-27/h1-12,14-16,20,29-30H,13,17-19,21-22H2,(H,37,38)/p-1. The molecule has 0 bridgehead atoms. The number of hydrogen-bond donors (Lipinski definition) is 0. The van der Waals surface area contributed by atoms with Crippen molar-refractivity contribution in [1.29, 1.82) is 0 Å². The van der Waals surface area contributed by atoms with Gasteiger partial charge < -0.3 is 24.1 Å². The quantitative estimate of drug-likeness (QED) is 0.266. The number of likely N-dealkylation sites (tertiary alicyclic amines) is 1. The monoisotopic (exact) mass is 532 g/mol. The van der Waals surface area contributed by atoms with Gasteiger partial charge in [-0.25, -0.2) is 0 Å². The zero-order valence-corrected chi connectivity index (χ0v) is 22.1. The summed E-state index contributed by atoms with van der Waals surface area (Å²) in [6, 6.07) is 32.8. The topological polar surface area (TPSA) is 91.5 Å². The van der Waals surface area contributed by atoms with Crippen molar-refractivity contribution in [3.63, 3.8) is 0 Å². The normalized spacial score (nSPS) is 17.2. The number of piperidine rings is 1. The van der Waals surface area contributed by atoms with E-state index in [9.17, 15) is 9.90 Å². The molecule has 0 saturated carbocycles. The van der Waals surface area contributed by atoms with Crippen molar-refractivity contribution in [3.8, 4) is 11.5 Å². The molecule has 1 aromatic heterocycles. The Morgan fingerprint density at radius 1 is 0.900 bits per heavy atom. The first-order chi connectivity index (χ1) is 19.6. The molecule has 1 saturated heterocycles. The number of nitrogens with zero attached hydrogens (tertiary/aromatic N) is 3. The number of rotatable bonds is 8. The van der Waals surface area contributed by atoms with Crippen molar-refractivity contribution in [3.05, 3.63) is 120 Å². The average molecular weight is 533 g/mol. The van der Waals surface area contributed by atoms with E-state index < -0.39 is 6.09 Å². The lowest BCUT2D eigenvalue weighted by molar-refractivity contribution is -0.268. The van der Waals surface area contributed by atoms with Gasteiger partial charge in [0.2, 0.25) is 0 Å². The van der Waals surface area contributed by atoms with Gasteiger partial charge in [0.1, 0.15) is 6.09 Å². The number of carboxylic acid groups (broad SMARTS) is 1. The first-order valence-electron chi connectivity index (χ1n) is 13.6. The number of hydrogen-bond acceptors (Lipinski definition) is 6. The number of amides is 1. The maximum absolute atomic E-state index is 11.6. The summed E-state index contributed by atoms with van der Waals surface area (Å²) in [5, 5.41) is 18.1. The lowest BCUT2D eigenvalue weighted by atomic mass is 9.86. The molecule has 1 fully saturated rings. The highest BCUT2D eigenvalue weighted by molar-refractivity contribution is 5.82. The summed E-state index contributed by atoms with van der Waals surface area (Å²) in [6.45, 7) is 1.15. The molecule has 7 nitrogen and oxygen atoms in total. The summed E-state index contributed by atoms with van der Waals surface area (Å²) < 4.78 is 11.8. The molecular formula is C33H30N3O4-. The minimum absolute atomic E-state index is 0.0933. The molecule has 0 spiro atoms. The highest BCUT2D eigenvalue weighted by atomic mass is 16.5. The first-order valence-corrected chi connectivity index (χ1v) is 13.6. The Balaban J connectivity index is 1.11. The fourth-order valence-corrected chi connectivity index (χ4v) is 5.41. The minimum Gasteiger partial charge on any atom is -0.530 e. The van der Waals surface area contributed by atoms with Crippen molar-refractivity contribution in [2.45, 2.75) is 37.9 Å². The molecule has 40 heavy (non-hydrogen) atoms. The van der Waals surface area contributed by atoms with Crippen molar-refractivity contribution in [2.75, 3.05) is 13.1 Å². The van der Waals surface area contributed by atoms with E-state index in [1.165, 1.54) is 15.8 Å². The predicted octanol–water partition coefficient (Wildman–Crippen LogP) is 5.39. The molecule has 1 aliphatic heterocycles. The van der Waals surface area contributed by atoms with Crippen LogP contribution < -0.4 is 5.11 Å². The predicted molar refractivity (Wildman–Crippen MR) is 150 cm³/mol. The second-order valence-corrected chi connectivity index (χ2v) is 10.3. The Morgan fingerprint density at radius 2 is 1.65 bits per heavy atom. The van der Waals surface area contributed by atoms with Crippen molar-refractivity contribution in [2.24, 2.45) is 0 Å². The van der Waals surface area contributed by atoms with Crippen molar-refractivity contribution in [1.82, 2.24) is 15.0 Å². The van der Waals surface area contributed by atoms with Crippen LogP contribution in [-0.4, -0.2) is 40.3 Å². The highest BCUT2D eigenvalue weighted by Crippen LogP contribution is 2.32. The number of carbonyl (C=O) groups excluding carboxylic acids is 1. The number of ether oxygens (including phenoxy) is 1. The second kappa shape index (κ2) is 11.7. The van der Waals surface area contributed by atoms with E-state index in [1.54, 1.807) is 0 Å². The number of fused-ring (bicyclic) bond motifs is 1. The number of carbonyl (C=O) groups is 1. The summed E-state index contributed by atoms with van der Waals surface area (Å²) in [4.78, 5) is 17.5. The summed E-state index contributed by atoms with van der Waals surface area (Å²) in [7, 11) is 0. The first kappa shape index (κ1) is 25.8. The van der Waals surface area contributed by atoms with Crippen LogP contribution in [0.3, 0.4) is 0 Å². The maximum atomic E-state index is 11.6. The van der Waals surface area contributed by atoms with Crippen molar-refractivity contribution < 1.29 is 19.2 Å². The molecule has 1 amide bonds. The zero-order chi connectivity index (χ0) is 27.3. The van der Waals surface area contributed by atoms with Gasteiger partial charge in [-0.2, -0.15) is 4.98 Å². The molecule has 2 unspecified atom stereocenters. The van der Waals surface area contributed by atoms with Crippen LogP contribution in [0, 0.1) is 0 Å². The minimum atomic E-state index is -1.15. The van der Waals surface area contributed by atoms with Crippen LogP contribution in [-0.2, 0) is 24.2 Å². The van der Waals surface area contributed by atoms with E-state index in [-0.39, 0.29) is 12.0 Å². The second-order valence-electron chi connectivity index (χ2n) is 10.3. The van der Waals surface area contributed by atoms with Gasteiger partial charge in [-0.15, -0.1) is 0 Å². The molecule has 2 atom stereocenters. The lowest BCUT2D eigenvalue weighted by Gasteiger charge is -2.40. The van der Waals surface area contributed by atoms with Gasteiger partial charge >= 0.3 is 0 Å². The van der Waals surface area contributed by atoms with Gasteiger partial charge in [0.05, 0.1) is 12.7 Å². The Hall–Kier alpha value is -4.49. The van der Waals surface area contributed by atoms with Crippen LogP contribution in [0.1, 0.15) is 34.9 Å². The SMILES string of the molecule is O=C([O-])N1CCC(c2ccc(CCc3noc(-c4ccccc4)n3)cc2)C(OCc2ccc3ccccc3c2)C1. The summed E-state index contributed by atoms with van der Waals surface area (Å²) >= 11 is 0. The van der Waals surface area contributed by atoms with Gasteiger partial charge in [-0.3, -0.25) is 0 Å². The molecule has 0 aliphatic carbocycles. The third kappa shape index (κ3) is 5.90. The number of aryl methyl sites for hydroxylation is 2. The average Bonchev–Trinajstić information content (AvgIpc) is 3.49. The van der Waals surface area contributed by atoms with Crippen LogP contribution in [0.5, 0.6) is 0 Å². The molecule has 202 valence electrons. The number of benzene rings is 4. The molecule has 6 rings (SSSR count). The van der Waals surface area contributed by atoms with E-state index in [4.69, 9.17) is 9.26 Å². The molecular weight excluding hydrogens is 502 g/mol. The van der Waals surface area contributed by atoms with E-state index in [0.29, 0.717) is 44.3 Å². The fraction of sp³-hybridized carbons (Fsp3) is 0.242. The Labute approximate surface area is 233 Å². The number of aromatic nitrogens is 2. The Kier molecular flexibility index (Phi) is 7.55. The van der Waals surface area contributed by atoms with Crippen LogP contribution >= 0.6 is 0 Å². The molecule has 7 heteroatoms. The third-order valence-electron chi connectivity index (χ3n) is 7.63. The Morgan fingerprint density at radius 3 is 2.45 bits per heavy atom. The molecule has 0 N–H and O–H groups in total. The maximum Gasteiger partial charge on any atom is 0.257 e. The van der Waals surface area contributed by atoms with Crippen LogP contribution in [0.4, 0.5) is 4.79 Å². The van der Waals surface area contributed by atoms with Gasteiger partial charge in [0.15, 0.2) is 5.82 Å². The lowest BCUT2D eigenvalue weighted by Crippen LogP contribution is -2.51. The Bertz CT molecular complexity index is 1580.